The Morgan fingerprint density at radius 2 is 2.17 bits per heavy atom. The minimum absolute atomic E-state index is 0.0930. The summed E-state index contributed by atoms with van der Waals surface area (Å²) < 4.78 is 5.33. The Bertz CT molecular complexity index is 962. The third kappa shape index (κ3) is 1.56. The first-order valence-corrected chi connectivity index (χ1v) is 7.65. The highest BCUT2D eigenvalue weighted by atomic mass is 16.5. The van der Waals surface area contributed by atoms with Gasteiger partial charge in [0.1, 0.15) is 5.75 Å². The summed E-state index contributed by atoms with van der Waals surface area (Å²) >= 11 is 0. The molecule has 5 rings (SSSR count). The number of fused-ring (bicyclic) bond motifs is 3. The summed E-state index contributed by atoms with van der Waals surface area (Å²) in [6, 6.07) is 12.1. The third-order valence-electron chi connectivity index (χ3n) is 5.19. The number of hydrogen-bond donors (Lipinski definition) is 2. The molecule has 1 aromatic heterocycles. The van der Waals surface area contributed by atoms with Crippen molar-refractivity contribution >= 4 is 22.5 Å². The van der Waals surface area contributed by atoms with Crippen molar-refractivity contribution in [1.29, 1.82) is 0 Å². The number of nitrogens with zero attached hydrogens (tertiary/aromatic N) is 1. The van der Waals surface area contributed by atoms with Gasteiger partial charge in [0.15, 0.2) is 0 Å². The Balaban J connectivity index is 1.61. The van der Waals surface area contributed by atoms with Crippen molar-refractivity contribution in [3.05, 3.63) is 53.7 Å². The number of nitrogens with one attached hydrogen (secondary N) is 2. The van der Waals surface area contributed by atoms with Gasteiger partial charge in [0.2, 0.25) is 5.91 Å². The van der Waals surface area contributed by atoms with Crippen LogP contribution in [-0.4, -0.2) is 23.2 Å². The van der Waals surface area contributed by atoms with E-state index in [0.717, 1.165) is 34.3 Å². The molecule has 1 amide bonds. The summed E-state index contributed by atoms with van der Waals surface area (Å²) in [6.45, 7) is 0. The molecule has 1 spiro atoms. The van der Waals surface area contributed by atoms with E-state index < -0.39 is 5.41 Å². The summed E-state index contributed by atoms with van der Waals surface area (Å²) in [5.41, 5.74) is 3.69. The van der Waals surface area contributed by atoms with Crippen LogP contribution in [0.2, 0.25) is 0 Å². The number of carbonyl (C=O) groups is 1. The van der Waals surface area contributed by atoms with Gasteiger partial charge >= 0.3 is 0 Å². The predicted molar refractivity (Wildman–Crippen MR) is 86.8 cm³/mol. The zero-order valence-corrected chi connectivity index (χ0v) is 12.6. The number of anilines is 1. The minimum Gasteiger partial charge on any atom is -0.497 e. The highest BCUT2D eigenvalue weighted by Crippen LogP contribution is 2.65. The van der Waals surface area contributed by atoms with Crippen molar-refractivity contribution in [2.24, 2.45) is 0 Å². The van der Waals surface area contributed by atoms with Crippen molar-refractivity contribution < 1.29 is 9.53 Å². The summed E-state index contributed by atoms with van der Waals surface area (Å²) in [6.07, 6.45) is 2.64. The lowest BCUT2D eigenvalue weighted by molar-refractivity contribution is -0.118. The molecule has 5 nitrogen and oxygen atoms in total. The number of carbonyl (C=O) groups excluding carboxylic acids is 1. The second kappa shape index (κ2) is 4.13. The summed E-state index contributed by atoms with van der Waals surface area (Å²) in [5, 5.41) is 11.2. The van der Waals surface area contributed by atoms with Gasteiger partial charge in [-0.1, -0.05) is 12.1 Å². The Labute approximate surface area is 132 Å². The fourth-order valence-electron chi connectivity index (χ4n) is 3.87. The highest BCUT2D eigenvalue weighted by molar-refractivity contribution is 6.10. The van der Waals surface area contributed by atoms with Gasteiger partial charge in [0.25, 0.3) is 0 Å². The van der Waals surface area contributed by atoms with Gasteiger partial charge in [-0.05, 0) is 41.8 Å². The van der Waals surface area contributed by atoms with E-state index in [1.807, 2.05) is 24.4 Å². The molecule has 5 heteroatoms. The standard InChI is InChI=1S/C18H15N3O2/c1-23-12-4-5-15-13(7-12)18(17(22)20-15)8-14(18)10-2-3-11-9-19-21-16(11)6-10/h2-7,9,14H,8H2,1H3,(H,19,21)(H,20,22)/t14-,18-/m0/s1. The smallest absolute Gasteiger partial charge is 0.235 e. The fourth-order valence-corrected chi connectivity index (χ4v) is 3.87. The van der Waals surface area contributed by atoms with Crippen molar-refractivity contribution in [1.82, 2.24) is 10.2 Å². The molecule has 1 saturated carbocycles. The molecule has 0 radical (unpaired) electrons. The number of aromatic amines is 1. The van der Waals surface area contributed by atoms with E-state index in [1.165, 1.54) is 5.56 Å². The molecule has 0 unspecified atom stereocenters. The van der Waals surface area contributed by atoms with Crippen LogP contribution < -0.4 is 10.1 Å². The molecule has 2 aliphatic rings. The maximum absolute atomic E-state index is 12.6. The lowest BCUT2D eigenvalue weighted by atomic mass is 9.91. The van der Waals surface area contributed by atoms with Gasteiger partial charge in [-0.25, -0.2) is 0 Å². The zero-order valence-electron chi connectivity index (χ0n) is 12.6. The number of benzene rings is 2. The van der Waals surface area contributed by atoms with E-state index in [4.69, 9.17) is 4.74 Å². The van der Waals surface area contributed by atoms with Gasteiger partial charge in [0.05, 0.1) is 24.2 Å². The molecular weight excluding hydrogens is 290 g/mol. The highest BCUT2D eigenvalue weighted by Gasteiger charge is 2.65. The average molecular weight is 305 g/mol. The Morgan fingerprint density at radius 3 is 3.04 bits per heavy atom. The lowest BCUT2D eigenvalue weighted by Gasteiger charge is -2.10. The van der Waals surface area contributed by atoms with Crippen LogP contribution in [0.1, 0.15) is 23.5 Å². The van der Waals surface area contributed by atoms with Crippen molar-refractivity contribution in [3.63, 3.8) is 0 Å². The SMILES string of the molecule is COc1ccc2c(c1)[C@]1(C[C@H]1c1ccc3cn[nH]c3c1)C(=O)N2. The normalized spacial score (nSPS) is 24.7. The summed E-state index contributed by atoms with van der Waals surface area (Å²) in [7, 11) is 1.65. The van der Waals surface area contributed by atoms with Gasteiger partial charge < -0.3 is 10.1 Å². The molecule has 2 aromatic carbocycles. The number of amides is 1. The molecule has 114 valence electrons. The molecule has 2 atom stereocenters. The molecule has 3 aromatic rings. The molecule has 1 aliphatic heterocycles. The first-order valence-electron chi connectivity index (χ1n) is 7.65. The first kappa shape index (κ1) is 12.7. The van der Waals surface area contributed by atoms with Crippen molar-refractivity contribution in [3.8, 4) is 5.75 Å². The molecule has 1 aliphatic carbocycles. The molecule has 0 saturated heterocycles. The monoisotopic (exact) mass is 305 g/mol. The van der Waals surface area contributed by atoms with E-state index in [2.05, 4.69) is 33.7 Å². The molecule has 2 heterocycles. The van der Waals surface area contributed by atoms with Crippen molar-refractivity contribution in [2.45, 2.75) is 17.8 Å². The summed E-state index contributed by atoms with van der Waals surface area (Å²) in [4.78, 5) is 12.6. The van der Waals surface area contributed by atoms with E-state index in [1.54, 1.807) is 7.11 Å². The second-order valence-electron chi connectivity index (χ2n) is 6.31. The molecule has 1 fully saturated rings. The minimum atomic E-state index is -0.447. The average Bonchev–Trinajstić information content (AvgIpc) is 3.05. The Kier molecular flexibility index (Phi) is 2.28. The summed E-state index contributed by atoms with van der Waals surface area (Å²) in [5.74, 6) is 1.08. The Hall–Kier alpha value is -2.82. The Morgan fingerprint density at radius 1 is 1.26 bits per heavy atom. The van der Waals surface area contributed by atoms with Crippen LogP contribution in [0.5, 0.6) is 5.75 Å². The van der Waals surface area contributed by atoms with Crippen LogP contribution in [0.15, 0.2) is 42.6 Å². The van der Waals surface area contributed by atoms with Crippen LogP contribution >= 0.6 is 0 Å². The maximum atomic E-state index is 12.6. The van der Waals surface area contributed by atoms with E-state index in [-0.39, 0.29) is 11.8 Å². The van der Waals surface area contributed by atoms with Gasteiger partial charge in [-0.2, -0.15) is 5.10 Å². The number of hydrogen-bond acceptors (Lipinski definition) is 3. The predicted octanol–water partition coefficient (Wildman–Crippen LogP) is 2.95. The zero-order chi connectivity index (χ0) is 15.6. The molecule has 2 N–H and O–H groups in total. The maximum Gasteiger partial charge on any atom is 0.235 e. The number of aromatic nitrogens is 2. The number of methoxy groups -OCH3 is 1. The lowest BCUT2D eigenvalue weighted by Crippen LogP contribution is -2.21. The molecular formula is C18H15N3O2. The van der Waals surface area contributed by atoms with E-state index >= 15 is 0 Å². The quantitative estimate of drug-likeness (QED) is 0.765. The van der Waals surface area contributed by atoms with Crippen LogP contribution in [0, 0.1) is 0 Å². The van der Waals surface area contributed by atoms with Gasteiger partial charge in [0, 0.05) is 17.0 Å². The number of rotatable bonds is 2. The van der Waals surface area contributed by atoms with Gasteiger partial charge in [-0.15, -0.1) is 0 Å². The van der Waals surface area contributed by atoms with Crippen LogP contribution in [0.3, 0.4) is 0 Å². The van der Waals surface area contributed by atoms with Crippen LogP contribution in [0.25, 0.3) is 10.9 Å². The largest absolute Gasteiger partial charge is 0.497 e. The third-order valence-corrected chi connectivity index (χ3v) is 5.19. The first-order chi connectivity index (χ1) is 11.2. The van der Waals surface area contributed by atoms with Crippen LogP contribution in [0.4, 0.5) is 5.69 Å². The van der Waals surface area contributed by atoms with Crippen LogP contribution in [-0.2, 0) is 10.2 Å². The van der Waals surface area contributed by atoms with E-state index in [0.29, 0.717) is 0 Å². The van der Waals surface area contributed by atoms with Crippen molar-refractivity contribution in [2.75, 3.05) is 12.4 Å². The van der Waals surface area contributed by atoms with E-state index in [9.17, 15) is 4.79 Å². The topological polar surface area (TPSA) is 67.0 Å². The molecule has 23 heavy (non-hydrogen) atoms. The fraction of sp³-hybridized carbons (Fsp3) is 0.222. The van der Waals surface area contributed by atoms with Gasteiger partial charge in [-0.3, -0.25) is 9.89 Å². The number of ether oxygens (including phenoxy) is 1. The molecule has 0 bridgehead atoms. The number of H-pyrrole nitrogens is 1. The second-order valence-corrected chi connectivity index (χ2v) is 6.31.